The molecule has 0 aliphatic carbocycles. The van der Waals surface area contributed by atoms with Crippen molar-refractivity contribution in [2.24, 2.45) is 0 Å². The van der Waals surface area contributed by atoms with Crippen LogP contribution in [-0.4, -0.2) is 83.5 Å². The van der Waals surface area contributed by atoms with E-state index >= 15 is 0 Å². The zero-order valence-corrected chi connectivity index (χ0v) is 25.7. The highest BCUT2D eigenvalue weighted by atomic mass is 35.5. The summed E-state index contributed by atoms with van der Waals surface area (Å²) in [6.07, 6.45) is 8.43. The van der Waals surface area contributed by atoms with E-state index in [4.69, 9.17) is 4.74 Å². The molecule has 43 heavy (non-hydrogen) atoms. The second-order valence-electron chi connectivity index (χ2n) is 11.4. The molecule has 1 atom stereocenters. The number of rotatable bonds is 13. The molecule has 0 spiro atoms. The normalized spacial score (nSPS) is 18.3. The van der Waals surface area contributed by atoms with Crippen LogP contribution in [0.25, 0.3) is 0 Å². The summed E-state index contributed by atoms with van der Waals surface area (Å²) in [6, 6.07) is 11.5. The maximum atomic E-state index is 14.0. The SMILES string of the molecule is CCCCCCCCCCOC(=O)N1Nc2cc(F)ccc2C1N1CCN(CCN2C(=O)c3ccccc3C2=O)CC1.Cl. The van der Waals surface area contributed by atoms with Crippen LogP contribution < -0.4 is 5.43 Å². The van der Waals surface area contributed by atoms with E-state index in [0.717, 1.165) is 24.8 Å². The van der Waals surface area contributed by atoms with Gasteiger partial charge in [0.05, 0.1) is 23.4 Å². The van der Waals surface area contributed by atoms with Crippen molar-refractivity contribution in [2.75, 3.05) is 51.3 Å². The summed E-state index contributed by atoms with van der Waals surface area (Å²) in [4.78, 5) is 44.3. The molecule has 0 radical (unpaired) electrons. The Morgan fingerprint density at radius 1 is 0.884 bits per heavy atom. The number of imide groups is 1. The van der Waals surface area contributed by atoms with Gasteiger partial charge in [-0.3, -0.25) is 29.7 Å². The van der Waals surface area contributed by atoms with Gasteiger partial charge in [0.1, 0.15) is 12.0 Å². The molecule has 3 aliphatic rings. The fraction of sp³-hybridized carbons (Fsp3) is 0.531. The Kier molecular flexibility index (Phi) is 11.8. The minimum absolute atomic E-state index is 0. The Bertz CT molecular complexity index is 1240. The predicted molar refractivity (Wildman–Crippen MR) is 166 cm³/mol. The monoisotopic (exact) mass is 615 g/mol. The lowest BCUT2D eigenvalue weighted by Crippen LogP contribution is -2.53. The lowest BCUT2D eigenvalue weighted by molar-refractivity contribution is 0.0173. The number of unbranched alkanes of at least 4 members (excludes halogenated alkanes) is 7. The van der Waals surface area contributed by atoms with Gasteiger partial charge in [-0.2, -0.15) is 5.01 Å². The molecule has 11 heteroatoms. The molecule has 3 aliphatic heterocycles. The van der Waals surface area contributed by atoms with Crippen LogP contribution in [0.4, 0.5) is 14.9 Å². The molecule has 0 aromatic heterocycles. The van der Waals surface area contributed by atoms with Crippen LogP contribution in [0.3, 0.4) is 0 Å². The van der Waals surface area contributed by atoms with E-state index in [1.807, 2.05) is 0 Å². The Morgan fingerprint density at radius 3 is 2.16 bits per heavy atom. The largest absolute Gasteiger partial charge is 0.448 e. The Balaban J connectivity index is 0.00000423. The number of nitrogens with zero attached hydrogens (tertiary/aromatic N) is 4. The van der Waals surface area contributed by atoms with Gasteiger partial charge >= 0.3 is 6.09 Å². The molecule has 2 aromatic carbocycles. The first-order chi connectivity index (χ1) is 20.5. The average molecular weight is 616 g/mol. The number of hydrazine groups is 1. The van der Waals surface area contributed by atoms with Crippen molar-refractivity contribution in [1.82, 2.24) is 19.7 Å². The summed E-state index contributed by atoms with van der Waals surface area (Å²) >= 11 is 0. The highest BCUT2D eigenvalue weighted by Crippen LogP contribution is 2.38. The van der Waals surface area contributed by atoms with Gasteiger partial charge in [-0.05, 0) is 30.7 Å². The van der Waals surface area contributed by atoms with Crippen molar-refractivity contribution >= 4 is 36.0 Å². The van der Waals surface area contributed by atoms with E-state index in [1.165, 1.54) is 54.1 Å². The molecule has 5 rings (SSSR count). The average Bonchev–Trinajstić information content (AvgIpc) is 3.49. The first-order valence-corrected chi connectivity index (χ1v) is 15.4. The summed E-state index contributed by atoms with van der Waals surface area (Å²) in [5, 5.41) is 1.48. The smallest absolute Gasteiger partial charge is 0.430 e. The summed E-state index contributed by atoms with van der Waals surface area (Å²) in [5.74, 6) is -0.848. The van der Waals surface area contributed by atoms with E-state index in [0.29, 0.717) is 62.7 Å². The molecule has 234 valence electrons. The van der Waals surface area contributed by atoms with Crippen LogP contribution in [0.5, 0.6) is 0 Å². The van der Waals surface area contributed by atoms with E-state index < -0.39 is 12.3 Å². The van der Waals surface area contributed by atoms with Crippen LogP contribution in [-0.2, 0) is 4.74 Å². The fourth-order valence-corrected chi connectivity index (χ4v) is 6.07. The van der Waals surface area contributed by atoms with E-state index in [1.54, 1.807) is 30.3 Å². The van der Waals surface area contributed by atoms with Gasteiger partial charge in [-0.1, -0.05) is 70.1 Å². The molecule has 1 saturated heterocycles. The molecule has 3 heterocycles. The number of amides is 3. The Morgan fingerprint density at radius 2 is 1.51 bits per heavy atom. The number of ether oxygens (including phenoxy) is 1. The maximum Gasteiger partial charge on any atom is 0.430 e. The zero-order chi connectivity index (χ0) is 29.5. The molecule has 1 N–H and O–H groups in total. The van der Waals surface area contributed by atoms with Crippen molar-refractivity contribution in [2.45, 2.75) is 64.5 Å². The number of hydrogen-bond donors (Lipinski definition) is 1. The molecular weight excluding hydrogens is 573 g/mol. The quantitative estimate of drug-likeness (QED) is 0.216. The zero-order valence-electron chi connectivity index (χ0n) is 24.9. The molecule has 2 aromatic rings. The lowest BCUT2D eigenvalue weighted by Gasteiger charge is -2.40. The molecule has 0 saturated carbocycles. The number of halogens is 2. The molecule has 3 amide bonds. The van der Waals surface area contributed by atoms with Gasteiger partial charge < -0.3 is 4.74 Å². The van der Waals surface area contributed by atoms with Gasteiger partial charge in [0.15, 0.2) is 0 Å². The number of carbonyl (C=O) groups is 3. The lowest BCUT2D eigenvalue weighted by atomic mass is 10.1. The summed E-state index contributed by atoms with van der Waals surface area (Å²) in [5.41, 5.74) is 5.40. The molecule has 1 unspecified atom stereocenters. The molecule has 0 bridgehead atoms. The van der Waals surface area contributed by atoms with Gasteiger partial charge in [0.25, 0.3) is 11.8 Å². The highest BCUT2D eigenvalue weighted by molar-refractivity contribution is 6.21. The number of piperazine rings is 1. The predicted octanol–water partition coefficient (Wildman–Crippen LogP) is 6.08. The van der Waals surface area contributed by atoms with E-state index in [-0.39, 0.29) is 30.0 Å². The number of benzene rings is 2. The first kappa shape index (κ1) is 32.7. The van der Waals surface area contributed by atoms with Crippen molar-refractivity contribution < 1.29 is 23.5 Å². The van der Waals surface area contributed by atoms with E-state index in [2.05, 4.69) is 22.1 Å². The van der Waals surface area contributed by atoms with Gasteiger partial charge in [-0.15, -0.1) is 12.4 Å². The van der Waals surface area contributed by atoms with E-state index in [9.17, 15) is 18.8 Å². The second kappa shape index (κ2) is 15.5. The van der Waals surface area contributed by atoms with Crippen LogP contribution >= 0.6 is 12.4 Å². The van der Waals surface area contributed by atoms with Crippen LogP contribution in [0.1, 0.15) is 90.7 Å². The topological polar surface area (TPSA) is 85.4 Å². The summed E-state index contributed by atoms with van der Waals surface area (Å²) < 4.78 is 19.7. The third-order valence-electron chi connectivity index (χ3n) is 8.47. The highest BCUT2D eigenvalue weighted by Gasteiger charge is 2.40. The summed E-state index contributed by atoms with van der Waals surface area (Å²) in [7, 11) is 0. The van der Waals surface area contributed by atoms with Crippen molar-refractivity contribution in [1.29, 1.82) is 0 Å². The minimum atomic E-state index is -0.465. The fourth-order valence-electron chi connectivity index (χ4n) is 6.07. The molecule has 9 nitrogen and oxygen atoms in total. The summed E-state index contributed by atoms with van der Waals surface area (Å²) in [6.45, 7) is 6.21. The van der Waals surface area contributed by atoms with Gasteiger partial charge in [0.2, 0.25) is 0 Å². The van der Waals surface area contributed by atoms with Crippen molar-refractivity contribution in [3.05, 3.63) is 65.0 Å². The first-order valence-electron chi connectivity index (χ1n) is 15.4. The van der Waals surface area contributed by atoms with Crippen molar-refractivity contribution in [3.8, 4) is 0 Å². The third-order valence-corrected chi connectivity index (χ3v) is 8.47. The number of nitrogens with one attached hydrogen (secondary N) is 1. The third kappa shape index (κ3) is 7.66. The van der Waals surface area contributed by atoms with Gasteiger partial charge in [0, 0.05) is 44.8 Å². The molecule has 1 fully saturated rings. The van der Waals surface area contributed by atoms with Crippen molar-refractivity contribution in [3.63, 3.8) is 0 Å². The number of anilines is 1. The maximum absolute atomic E-state index is 14.0. The number of fused-ring (bicyclic) bond motifs is 2. The second-order valence-corrected chi connectivity index (χ2v) is 11.4. The number of carbonyl (C=O) groups excluding carboxylic acids is 3. The molecular formula is C32H43ClFN5O4. The number of hydrogen-bond acceptors (Lipinski definition) is 7. The van der Waals surface area contributed by atoms with Crippen LogP contribution in [0.15, 0.2) is 42.5 Å². The minimum Gasteiger partial charge on any atom is -0.448 e. The van der Waals surface area contributed by atoms with Crippen LogP contribution in [0, 0.1) is 5.82 Å². The Labute approximate surface area is 259 Å². The standard InChI is InChI=1S/C32H42FN5O4.ClH/c1-2-3-4-5-6-7-8-11-22-42-32(41)38-29(27-15-14-24(33)23-28(27)34-38)36-19-16-35(17-20-36)18-21-37-30(39)25-12-9-10-13-26(25)31(37)40;/h9-10,12-15,23,29,34H,2-8,11,16-22H2,1H3;1H. The van der Waals surface area contributed by atoms with Crippen LogP contribution in [0.2, 0.25) is 0 Å². The Hall–Kier alpha value is -3.21. The van der Waals surface area contributed by atoms with Gasteiger partial charge in [-0.25, -0.2) is 9.18 Å².